The first-order valence-electron chi connectivity index (χ1n) is 4.07. The zero-order chi connectivity index (χ0) is 9.52. The van der Waals surface area contributed by atoms with Crippen LogP contribution in [0.1, 0.15) is 5.56 Å². The van der Waals surface area contributed by atoms with Gasteiger partial charge in [-0.1, -0.05) is 36.9 Å². The number of hydroxylamine groups is 1. The summed E-state index contributed by atoms with van der Waals surface area (Å²) in [5, 5.41) is 8.46. The van der Waals surface area contributed by atoms with Crippen molar-refractivity contribution in [2.45, 2.75) is 0 Å². The van der Waals surface area contributed by atoms with E-state index in [4.69, 9.17) is 9.94 Å². The van der Waals surface area contributed by atoms with Crippen LogP contribution in [0.15, 0.2) is 36.9 Å². The molecule has 0 aromatic heterocycles. The smallest absolute Gasteiger partial charge is 0.0976 e. The summed E-state index contributed by atoms with van der Waals surface area (Å²) in [6, 6.07) is 9.64. The Morgan fingerprint density at radius 1 is 1.38 bits per heavy atom. The summed E-state index contributed by atoms with van der Waals surface area (Å²) in [6.07, 6.45) is 0. The molecule has 2 N–H and O–H groups in total. The Morgan fingerprint density at radius 3 is 2.69 bits per heavy atom. The van der Waals surface area contributed by atoms with Gasteiger partial charge >= 0.3 is 0 Å². The van der Waals surface area contributed by atoms with E-state index in [1.54, 1.807) is 0 Å². The fourth-order valence-corrected chi connectivity index (χ4v) is 0.882. The summed E-state index contributed by atoms with van der Waals surface area (Å²) in [5.74, 6) is 0. The lowest BCUT2D eigenvalue weighted by Gasteiger charge is -2.08. The van der Waals surface area contributed by atoms with E-state index in [-0.39, 0.29) is 13.2 Å². The number of hydrogen-bond donors (Lipinski definition) is 2. The fourth-order valence-electron chi connectivity index (χ4n) is 0.882. The monoisotopic (exact) mass is 179 g/mol. The van der Waals surface area contributed by atoms with E-state index < -0.39 is 0 Å². The molecular formula is C10H13NO2. The van der Waals surface area contributed by atoms with Crippen molar-refractivity contribution < 1.29 is 9.94 Å². The molecule has 0 saturated carbocycles. The average molecular weight is 179 g/mol. The van der Waals surface area contributed by atoms with Gasteiger partial charge in [0.25, 0.3) is 0 Å². The topological polar surface area (TPSA) is 41.5 Å². The molecule has 70 valence electrons. The molecule has 3 nitrogen and oxygen atoms in total. The molecule has 0 radical (unpaired) electrons. The van der Waals surface area contributed by atoms with E-state index in [0.29, 0.717) is 5.70 Å². The summed E-state index contributed by atoms with van der Waals surface area (Å²) in [5.41, 5.74) is 4.31. The second kappa shape index (κ2) is 5.35. The number of aliphatic hydroxyl groups excluding tert-OH is 1. The molecular weight excluding hydrogens is 166 g/mol. The molecule has 0 fully saturated rings. The van der Waals surface area contributed by atoms with Crippen LogP contribution in [0.2, 0.25) is 0 Å². The molecule has 0 aliphatic heterocycles. The Kier molecular flexibility index (Phi) is 4.02. The second-order valence-electron chi connectivity index (χ2n) is 2.52. The Labute approximate surface area is 77.6 Å². The number of benzene rings is 1. The summed E-state index contributed by atoms with van der Waals surface area (Å²) >= 11 is 0. The molecule has 0 unspecified atom stereocenters. The van der Waals surface area contributed by atoms with Gasteiger partial charge in [0, 0.05) is 0 Å². The predicted octanol–water partition coefficient (Wildman–Crippen LogP) is 1.17. The van der Waals surface area contributed by atoms with E-state index in [1.165, 1.54) is 0 Å². The third-order valence-corrected chi connectivity index (χ3v) is 1.51. The molecule has 3 heteroatoms. The van der Waals surface area contributed by atoms with Crippen molar-refractivity contribution in [2.24, 2.45) is 0 Å². The van der Waals surface area contributed by atoms with Crippen LogP contribution in [0.4, 0.5) is 0 Å². The van der Waals surface area contributed by atoms with E-state index in [1.807, 2.05) is 30.3 Å². The lowest BCUT2D eigenvalue weighted by atomic mass is 10.2. The van der Waals surface area contributed by atoms with Gasteiger partial charge in [-0.25, -0.2) is 0 Å². The van der Waals surface area contributed by atoms with Gasteiger partial charge in [0.15, 0.2) is 0 Å². The Balaban J connectivity index is 2.40. The summed E-state index contributed by atoms with van der Waals surface area (Å²) < 4.78 is 0. The maximum absolute atomic E-state index is 8.46. The molecule has 0 bridgehead atoms. The minimum absolute atomic E-state index is 0.00489. The van der Waals surface area contributed by atoms with Crippen molar-refractivity contribution in [2.75, 3.05) is 13.2 Å². The molecule has 1 aromatic rings. The van der Waals surface area contributed by atoms with E-state index in [9.17, 15) is 0 Å². The standard InChI is InChI=1S/C10H13NO2/c1-9(11-13-8-7-12)10-5-3-2-4-6-10/h2-6,11-12H,1,7-8H2. The van der Waals surface area contributed by atoms with Crippen molar-refractivity contribution in [3.8, 4) is 0 Å². The number of nitrogens with one attached hydrogen (secondary N) is 1. The number of aliphatic hydroxyl groups is 1. The van der Waals surface area contributed by atoms with Crippen LogP contribution < -0.4 is 5.48 Å². The quantitative estimate of drug-likeness (QED) is 0.526. The van der Waals surface area contributed by atoms with Crippen LogP contribution in [0.25, 0.3) is 5.70 Å². The van der Waals surface area contributed by atoms with Crippen LogP contribution in [0.5, 0.6) is 0 Å². The van der Waals surface area contributed by atoms with Crippen molar-refractivity contribution in [3.05, 3.63) is 42.5 Å². The Morgan fingerprint density at radius 2 is 2.08 bits per heavy atom. The van der Waals surface area contributed by atoms with Crippen LogP contribution in [-0.2, 0) is 4.84 Å². The molecule has 1 rings (SSSR count). The van der Waals surface area contributed by atoms with Gasteiger partial charge in [0.2, 0.25) is 0 Å². The minimum Gasteiger partial charge on any atom is -0.394 e. The highest BCUT2D eigenvalue weighted by molar-refractivity contribution is 5.60. The molecule has 0 atom stereocenters. The van der Waals surface area contributed by atoms with Gasteiger partial charge in [0.1, 0.15) is 0 Å². The van der Waals surface area contributed by atoms with Crippen molar-refractivity contribution >= 4 is 5.70 Å². The van der Waals surface area contributed by atoms with Crippen molar-refractivity contribution in [3.63, 3.8) is 0 Å². The van der Waals surface area contributed by atoms with E-state index >= 15 is 0 Å². The molecule has 13 heavy (non-hydrogen) atoms. The van der Waals surface area contributed by atoms with Crippen molar-refractivity contribution in [1.29, 1.82) is 0 Å². The van der Waals surface area contributed by atoms with Crippen LogP contribution in [0, 0.1) is 0 Å². The van der Waals surface area contributed by atoms with Gasteiger partial charge in [-0.15, -0.1) is 0 Å². The zero-order valence-electron chi connectivity index (χ0n) is 7.36. The van der Waals surface area contributed by atoms with Gasteiger partial charge in [-0.2, -0.15) is 0 Å². The predicted molar refractivity (Wildman–Crippen MR) is 51.6 cm³/mol. The molecule has 0 spiro atoms. The molecule has 0 aliphatic carbocycles. The van der Waals surface area contributed by atoms with Crippen LogP contribution in [0.3, 0.4) is 0 Å². The molecule has 0 saturated heterocycles. The summed E-state index contributed by atoms with van der Waals surface area (Å²) in [4.78, 5) is 4.90. The summed E-state index contributed by atoms with van der Waals surface area (Å²) in [7, 11) is 0. The van der Waals surface area contributed by atoms with E-state index in [2.05, 4.69) is 12.1 Å². The average Bonchev–Trinajstić information content (AvgIpc) is 2.19. The lowest BCUT2D eigenvalue weighted by Crippen LogP contribution is -2.14. The largest absolute Gasteiger partial charge is 0.394 e. The van der Waals surface area contributed by atoms with Gasteiger partial charge in [-0.3, -0.25) is 10.3 Å². The molecule has 0 amide bonds. The SMILES string of the molecule is C=C(NOCCO)c1ccccc1. The fraction of sp³-hybridized carbons (Fsp3) is 0.200. The minimum atomic E-state index is -0.00489. The maximum Gasteiger partial charge on any atom is 0.0976 e. The second-order valence-corrected chi connectivity index (χ2v) is 2.52. The first kappa shape index (κ1) is 9.77. The third kappa shape index (κ3) is 3.27. The number of hydrogen-bond acceptors (Lipinski definition) is 3. The van der Waals surface area contributed by atoms with Crippen LogP contribution >= 0.6 is 0 Å². The lowest BCUT2D eigenvalue weighted by molar-refractivity contribution is 0.0481. The maximum atomic E-state index is 8.46. The Bertz CT molecular complexity index is 259. The van der Waals surface area contributed by atoms with Gasteiger partial charge in [0.05, 0.1) is 18.9 Å². The third-order valence-electron chi connectivity index (χ3n) is 1.51. The van der Waals surface area contributed by atoms with Crippen LogP contribution in [-0.4, -0.2) is 18.3 Å². The van der Waals surface area contributed by atoms with E-state index in [0.717, 1.165) is 5.56 Å². The highest BCUT2D eigenvalue weighted by atomic mass is 16.6. The summed E-state index contributed by atoms with van der Waals surface area (Å²) in [6.45, 7) is 4.03. The molecule has 0 heterocycles. The Hall–Kier alpha value is -1.32. The first-order valence-corrected chi connectivity index (χ1v) is 4.07. The molecule has 1 aromatic carbocycles. The highest BCUT2D eigenvalue weighted by Gasteiger charge is 1.95. The van der Waals surface area contributed by atoms with Gasteiger partial charge < -0.3 is 5.11 Å². The number of rotatable bonds is 5. The molecule has 0 aliphatic rings. The normalized spacial score (nSPS) is 9.62. The highest BCUT2D eigenvalue weighted by Crippen LogP contribution is 2.07. The van der Waals surface area contributed by atoms with Gasteiger partial charge in [-0.05, 0) is 5.56 Å². The zero-order valence-corrected chi connectivity index (χ0v) is 7.36. The first-order chi connectivity index (χ1) is 6.34. The van der Waals surface area contributed by atoms with Crippen molar-refractivity contribution in [1.82, 2.24) is 5.48 Å².